The average Bonchev–Trinajstić information content (AvgIpc) is 3.00. The van der Waals surface area contributed by atoms with E-state index < -0.39 is 0 Å². The van der Waals surface area contributed by atoms with Gasteiger partial charge in [-0.1, -0.05) is 97.1 Å². The number of rotatable bonds is 4. The number of pyridine rings is 1. The third-order valence-electron chi connectivity index (χ3n) is 6.73. The molecule has 5 aromatic carbocycles. The Morgan fingerprint density at radius 3 is 1.55 bits per heavy atom. The number of hydrogen-bond acceptors (Lipinski definition) is 3. The quantitative estimate of drug-likeness (QED) is 0.252. The van der Waals surface area contributed by atoms with Crippen LogP contribution < -0.4 is 0 Å². The van der Waals surface area contributed by atoms with Crippen LogP contribution in [0.1, 0.15) is 11.1 Å². The van der Waals surface area contributed by atoms with Crippen molar-refractivity contribution < 1.29 is 0 Å². The highest BCUT2D eigenvalue weighted by Gasteiger charge is 2.11. The van der Waals surface area contributed by atoms with Crippen LogP contribution in [-0.4, -0.2) is 4.98 Å². The van der Waals surface area contributed by atoms with E-state index in [1.165, 1.54) is 0 Å². The zero-order chi connectivity index (χ0) is 25.9. The van der Waals surface area contributed by atoms with Gasteiger partial charge in [-0.25, -0.2) is 4.98 Å². The Kier molecular flexibility index (Phi) is 5.95. The van der Waals surface area contributed by atoms with Crippen molar-refractivity contribution in [2.45, 2.75) is 0 Å². The van der Waals surface area contributed by atoms with E-state index in [4.69, 9.17) is 4.98 Å². The summed E-state index contributed by atoms with van der Waals surface area (Å²) in [5, 5.41) is 20.7. The van der Waals surface area contributed by atoms with Gasteiger partial charge < -0.3 is 0 Å². The molecule has 0 bridgehead atoms. The van der Waals surface area contributed by atoms with E-state index in [0.717, 1.165) is 55.5 Å². The van der Waals surface area contributed by atoms with Crippen LogP contribution in [0, 0.1) is 22.7 Å². The maximum absolute atomic E-state index is 9.25. The second kappa shape index (κ2) is 9.86. The Morgan fingerprint density at radius 1 is 0.447 bits per heavy atom. The van der Waals surface area contributed by atoms with Crippen LogP contribution in [0.4, 0.5) is 0 Å². The normalized spacial score (nSPS) is 10.6. The van der Waals surface area contributed by atoms with Crippen molar-refractivity contribution in [1.29, 1.82) is 10.5 Å². The highest BCUT2D eigenvalue weighted by atomic mass is 14.7. The summed E-state index contributed by atoms with van der Waals surface area (Å²) in [5.41, 5.74) is 9.35. The van der Waals surface area contributed by atoms with Gasteiger partial charge in [0.1, 0.15) is 0 Å². The van der Waals surface area contributed by atoms with Crippen LogP contribution in [0.5, 0.6) is 0 Å². The first-order valence-corrected chi connectivity index (χ1v) is 12.3. The molecule has 0 saturated heterocycles. The van der Waals surface area contributed by atoms with Crippen molar-refractivity contribution in [2.75, 3.05) is 0 Å². The van der Waals surface area contributed by atoms with E-state index >= 15 is 0 Å². The van der Waals surface area contributed by atoms with Gasteiger partial charge in [-0.2, -0.15) is 10.5 Å². The summed E-state index contributed by atoms with van der Waals surface area (Å²) < 4.78 is 0. The minimum absolute atomic E-state index is 0.649. The minimum Gasteiger partial charge on any atom is -0.247 e. The van der Waals surface area contributed by atoms with E-state index in [0.29, 0.717) is 11.1 Å². The van der Waals surface area contributed by atoms with Gasteiger partial charge >= 0.3 is 0 Å². The summed E-state index contributed by atoms with van der Waals surface area (Å²) >= 11 is 0. The van der Waals surface area contributed by atoms with Gasteiger partial charge in [0.15, 0.2) is 0 Å². The molecule has 3 heteroatoms. The fourth-order valence-corrected chi connectivity index (χ4v) is 4.76. The van der Waals surface area contributed by atoms with Crippen LogP contribution >= 0.6 is 0 Å². The van der Waals surface area contributed by atoms with Gasteiger partial charge in [-0.15, -0.1) is 0 Å². The van der Waals surface area contributed by atoms with Crippen molar-refractivity contribution in [3.8, 4) is 56.9 Å². The summed E-state index contributed by atoms with van der Waals surface area (Å²) in [6.07, 6.45) is 0. The number of nitriles is 2. The molecule has 0 aliphatic carbocycles. The lowest BCUT2D eigenvalue weighted by Crippen LogP contribution is -1.91. The molecule has 6 rings (SSSR count). The summed E-state index contributed by atoms with van der Waals surface area (Å²) in [6, 6.07) is 46.8. The zero-order valence-corrected chi connectivity index (χ0v) is 20.5. The van der Waals surface area contributed by atoms with Gasteiger partial charge in [0.25, 0.3) is 0 Å². The summed E-state index contributed by atoms with van der Waals surface area (Å²) in [4.78, 5) is 5.11. The lowest BCUT2D eigenvalue weighted by Gasteiger charge is -2.12. The van der Waals surface area contributed by atoms with E-state index in [9.17, 15) is 10.5 Å². The fraction of sp³-hybridized carbons (Fsp3) is 0. The minimum atomic E-state index is 0.649. The monoisotopic (exact) mass is 483 g/mol. The first-order chi connectivity index (χ1) is 18.7. The van der Waals surface area contributed by atoms with Crippen molar-refractivity contribution in [1.82, 2.24) is 4.98 Å². The van der Waals surface area contributed by atoms with Gasteiger partial charge in [0.05, 0.1) is 34.7 Å². The summed E-state index contributed by atoms with van der Waals surface area (Å²) in [5.74, 6) is 0. The number of aromatic nitrogens is 1. The van der Waals surface area contributed by atoms with Crippen LogP contribution in [0.2, 0.25) is 0 Å². The highest BCUT2D eigenvalue weighted by molar-refractivity contribution is 5.97. The lowest BCUT2D eigenvalue weighted by molar-refractivity contribution is 1.35. The molecule has 0 aliphatic rings. The highest BCUT2D eigenvalue weighted by Crippen LogP contribution is 2.33. The molecular formula is C35H21N3. The average molecular weight is 484 g/mol. The SMILES string of the molecule is N#Cc1cccc(-c2ccc(-c3cc4ccccc4c(-c4ccc(-c5cccc(C#N)c5)cc4)n3)cc2)c1. The summed E-state index contributed by atoms with van der Waals surface area (Å²) in [7, 11) is 0. The molecule has 1 aromatic heterocycles. The van der Waals surface area contributed by atoms with Gasteiger partial charge in [0, 0.05) is 16.5 Å². The molecule has 0 radical (unpaired) electrons. The molecule has 6 aromatic rings. The third kappa shape index (κ3) is 4.42. The number of fused-ring (bicyclic) bond motifs is 1. The number of nitrogens with zero attached hydrogens (tertiary/aromatic N) is 3. The number of benzene rings is 5. The second-order valence-corrected chi connectivity index (χ2v) is 9.12. The van der Waals surface area contributed by atoms with Crippen molar-refractivity contribution in [2.24, 2.45) is 0 Å². The molecule has 0 fully saturated rings. The van der Waals surface area contributed by atoms with Gasteiger partial charge in [-0.3, -0.25) is 0 Å². The molecule has 1 heterocycles. The Hall–Kier alpha value is -5.51. The Bertz CT molecular complexity index is 1870. The standard InChI is InChI=1S/C35H21N3/c36-22-24-5-3-8-30(19-24)26-11-15-28(16-12-26)34-21-32-7-1-2-10-33(32)35(38-34)29-17-13-27(14-18-29)31-9-4-6-25(20-31)23-37/h1-21H. The van der Waals surface area contributed by atoms with Crippen LogP contribution in [0.15, 0.2) is 127 Å². The van der Waals surface area contributed by atoms with Crippen molar-refractivity contribution in [3.63, 3.8) is 0 Å². The zero-order valence-electron chi connectivity index (χ0n) is 20.5. The largest absolute Gasteiger partial charge is 0.247 e. The molecule has 3 nitrogen and oxygen atoms in total. The fourth-order valence-electron chi connectivity index (χ4n) is 4.76. The van der Waals surface area contributed by atoms with Gasteiger partial charge in [-0.05, 0) is 58.0 Å². The molecule has 0 unspecified atom stereocenters. The van der Waals surface area contributed by atoms with Crippen molar-refractivity contribution >= 4 is 10.8 Å². The molecule has 0 N–H and O–H groups in total. The Labute approximate surface area is 221 Å². The van der Waals surface area contributed by atoms with Crippen LogP contribution in [0.3, 0.4) is 0 Å². The molecule has 0 spiro atoms. The van der Waals surface area contributed by atoms with E-state index in [2.05, 4.69) is 78.9 Å². The van der Waals surface area contributed by atoms with Gasteiger partial charge in [0.2, 0.25) is 0 Å². The maximum Gasteiger partial charge on any atom is 0.0991 e. The number of hydrogen-bond donors (Lipinski definition) is 0. The molecule has 176 valence electrons. The predicted molar refractivity (Wildman–Crippen MR) is 153 cm³/mol. The molecule has 0 saturated carbocycles. The molecular weight excluding hydrogens is 462 g/mol. The van der Waals surface area contributed by atoms with Crippen LogP contribution in [0.25, 0.3) is 55.5 Å². The molecule has 0 amide bonds. The second-order valence-electron chi connectivity index (χ2n) is 9.12. The van der Waals surface area contributed by atoms with Crippen molar-refractivity contribution in [3.05, 3.63) is 139 Å². The topological polar surface area (TPSA) is 60.5 Å². The molecule has 38 heavy (non-hydrogen) atoms. The first-order valence-electron chi connectivity index (χ1n) is 12.3. The predicted octanol–water partition coefficient (Wildman–Crippen LogP) is 8.65. The molecule has 0 atom stereocenters. The molecule has 0 aliphatic heterocycles. The smallest absolute Gasteiger partial charge is 0.0991 e. The lowest BCUT2D eigenvalue weighted by atomic mass is 9.97. The third-order valence-corrected chi connectivity index (χ3v) is 6.73. The summed E-state index contributed by atoms with van der Waals surface area (Å²) in [6.45, 7) is 0. The van der Waals surface area contributed by atoms with E-state index in [1.54, 1.807) is 0 Å². The Morgan fingerprint density at radius 2 is 0.974 bits per heavy atom. The Balaban J connectivity index is 1.39. The van der Waals surface area contributed by atoms with Crippen LogP contribution in [-0.2, 0) is 0 Å². The van der Waals surface area contributed by atoms with E-state index in [1.807, 2.05) is 60.7 Å². The first kappa shape index (κ1) is 22.9. The van der Waals surface area contributed by atoms with E-state index in [-0.39, 0.29) is 0 Å². The maximum atomic E-state index is 9.25.